The number of carbonyl (C=O) groups is 3. The van der Waals surface area contributed by atoms with E-state index >= 15 is 0 Å². The number of imide groups is 2. The van der Waals surface area contributed by atoms with Crippen LogP contribution >= 0.6 is 27.5 Å². The second kappa shape index (κ2) is 13.5. The molecule has 1 aliphatic heterocycles. The summed E-state index contributed by atoms with van der Waals surface area (Å²) in [7, 11) is 0. The Morgan fingerprint density at radius 1 is 0.875 bits per heavy atom. The van der Waals surface area contributed by atoms with Gasteiger partial charge in [-0.15, -0.1) is 0 Å². The van der Waals surface area contributed by atoms with Crippen LogP contribution in [0.25, 0.3) is 6.08 Å². The molecule has 4 amide bonds. The summed E-state index contributed by atoms with van der Waals surface area (Å²) in [4.78, 5) is 39.5. The molecule has 0 saturated carbocycles. The standard InChI is InChI=1S/C30H28BrClN2O6/c1-3-13-39-26-12-8-21(16-27(26)38-4-2)17-34-29(36)23(28(35)33-30(34)37)14-20-7-11-25(24(31)15-20)40-18-19-5-9-22(32)10-6-19/h5-12,14-16H,3-4,13,17-18H2,1-2H3,(H,33,35,37)/b23-14+. The van der Waals surface area contributed by atoms with Gasteiger partial charge in [0.15, 0.2) is 11.5 Å². The number of hydrogen-bond donors (Lipinski definition) is 1. The Balaban J connectivity index is 1.50. The lowest BCUT2D eigenvalue weighted by atomic mass is 10.1. The van der Waals surface area contributed by atoms with E-state index in [2.05, 4.69) is 21.2 Å². The van der Waals surface area contributed by atoms with E-state index in [0.29, 0.717) is 57.7 Å². The minimum absolute atomic E-state index is 0.0510. The fraction of sp³-hybridized carbons (Fsp3) is 0.233. The molecule has 10 heteroatoms. The second-order valence-electron chi connectivity index (χ2n) is 8.88. The molecule has 1 aliphatic rings. The van der Waals surface area contributed by atoms with E-state index in [-0.39, 0.29) is 12.1 Å². The summed E-state index contributed by atoms with van der Waals surface area (Å²) in [5, 5.41) is 2.90. The number of nitrogens with one attached hydrogen (secondary N) is 1. The van der Waals surface area contributed by atoms with Gasteiger partial charge in [0.05, 0.1) is 24.2 Å². The normalized spacial score (nSPS) is 14.3. The molecule has 0 spiro atoms. The van der Waals surface area contributed by atoms with E-state index in [4.69, 9.17) is 25.8 Å². The zero-order chi connectivity index (χ0) is 28.6. The van der Waals surface area contributed by atoms with E-state index < -0.39 is 17.8 Å². The van der Waals surface area contributed by atoms with Gasteiger partial charge in [0, 0.05) is 5.02 Å². The smallest absolute Gasteiger partial charge is 0.331 e. The number of carbonyl (C=O) groups excluding carboxylic acids is 3. The Morgan fingerprint density at radius 3 is 2.30 bits per heavy atom. The van der Waals surface area contributed by atoms with E-state index in [1.807, 2.05) is 26.0 Å². The molecule has 1 N–H and O–H groups in total. The van der Waals surface area contributed by atoms with Gasteiger partial charge in [-0.1, -0.05) is 42.8 Å². The van der Waals surface area contributed by atoms with E-state index in [9.17, 15) is 14.4 Å². The highest BCUT2D eigenvalue weighted by Crippen LogP contribution is 2.31. The van der Waals surface area contributed by atoms with Gasteiger partial charge < -0.3 is 14.2 Å². The number of rotatable bonds is 11. The lowest BCUT2D eigenvalue weighted by Crippen LogP contribution is -2.53. The van der Waals surface area contributed by atoms with Gasteiger partial charge in [-0.25, -0.2) is 4.79 Å². The highest BCUT2D eigenvalue weighted by Gasteiger charge is 2.35. The van der Waals surface area contributed by atoms with Crippen molar-refractivity contribution >= 4 is 51.5 Å². The molecular formula is C30H28BrClN2O6. The minimum atomic E-state index is -0.788. The first-order valence-corrected chi connectivity index (χ1v) is 13.9. The van der Waals surface area contributed by atoms with Gasteiger partial charge in [-0.2, -0.15) is 0 Å². The van der Waals surface area contributed by atoms with Gasteiger partial charge in [0.25, 0.3) is 11.8 Å². The van der Waals surface area contributed by atoms with Crippen molar-refractivity contribution in [1.82, 2.24) is 10.2 Å². The van der Waals surface area contributed by atoms with Crippen molar-refractivity contribution in [2.24, 2.45) is 0 Å². The van der Waals surface area contributed by atoms with Crippen molar-refractivity contribution in [3.63, 3.8) is 0 Å². The Bertz CT molecular complexity index is 1440. The average Bonchev–Trinajstić information content (AvgIpc) is 2.93. The maximum Gasteiger partial charge on any atom is 0.331 e. The van der Waals surface area contributed by atoms with E-state index in [1.54, 1.807) is 48.5 Å². The molecule has 0 bridgehead atoms. The maximum absolute atomic E-state index is 13.3. The molecule has 1 saturated heterocycles. The molecule has 3 aromatic carbocycles. The molecule has 40 heavy (non-hydrogen) atoms. The first-order chi connectivity index (χ1) is 19.3. The molecule has 0 unspecified atom stereocenters. The zero-order valence-corrected chi connectivity index (χ0v) is 24.4. The van der Waals surface area contributed by atoms with E-state index in [0.717, 1.165) is 16.9 Å². The molecule has 0 atom stereocenters. The molecular weight excluding hydrogens is 600 g/mol. The Kier molecular flexibility index (Phi) is 9.84. The first-order valence-electron chi connectivity index (χ1n) is 12.7. The highest BCUT2D eigenvalue weighted by atomic mass is 79.9. The van der Waals surface area contributed by atoms with Crippen LogP contribution in [0.15, 0.2) is 70.7 Å². The molecule has 1 fully saturated rings. The van der Waals surface area contributed by atoms with Crippen molar-refractivity contribution in [2.45, 2.75) is 33.4 Å². The first kappa shape index (κ1) is 29.2. The van der Waals surface area contributed by atoms with Crippen LogP contribution in [0, 0.1) is 0 Å². The van der Waals surface area contributed by atoms with Gasteiger partial charge in [0.2, 0.25) is 0 Å². The third-order valence-electron chi connectivity index (χ3n) is 5.87. The van der Waals surface area contributed by atoms with Crippen LogP contribution < -0.4 is 19.5 Å². The van der Waals surface area contributed by atoms with Crippen LogP contribution in [-0.2, 0) is 22.7 Å². The topological polar surface area (TPSA) is 94.2 Å². The quantitative estimate of drug-likeness (QED) is 0.192. The predicted molar refractivity (Wildman–Crippen MR) is 155 cm³/mol. The van der Waals surface area contributed by atoms with Crippen molar-refractivity contribution in [3.05, 3.63) is 92.4 Å². The Labute approximate surface area is 246 Å². The third-order valence-corrected chi connectivity index (χ3v) is 6.74. The van der Waals surface area contributed by atoms with Crippen molar-refractivity contribution in [2.75, 3.05) is 13.2 Å². The lowest BCUT2D eigenvalue weighted by molar-refractivity contribution is -0.130. The summed E-state index contributed by atoms with van der Waals surface area (Å²) < 4.78 is 17.9. The highest BCUT2D eigenvalue weighted by molar-refractivity contribution is 9.10. The average molecular weight is 628 g/mol. The zero-order valence-electron chi connectivity index (χ0n) is 22.0. The molecule has 0 radical (unpaired) electrons. The third kappa shape index (κ3) is 7.22. The van der Waals surface area contributed by atoms with Crippen molar-refractivity contribution in [1.29, 1.82) is 0 Å². The Morgan fingerprint density at radius 2 is 1.60 bits per heavy atom. The van der Waals surface area contributed by atoms with Gasteiger partial charge in [0.1, 0.15) is 17.9 Å². The van der Waals surface area contributed by atoms with Crippen molar-refractivity contribution < 1.29 is 28.6 Å². The van der Waals surface area contributed by atoms with Crippen LogP contribution in [0.4, 0.5) is 4.79 Å². The van der Waals surface area contributed by atoms with Gasteiger partial charge >= 0.3 is 6.03 Å². The number of nitrogens with zero attached hydrogens (tertiary/aromatic N) is 1. The summed E-state index contributed by atoms with van der Waals surface area (Å²) >= 11 is 9.42. The van der Waals surface area contributed by atoms with Gasteiger partial charge in [-0.3, -0.25) is 19.8 Å². The number of hydrogen-bond acceptors (Lipinski definition) is 6. The van der Waals surface area contributed by atoms with Crippen LogP contribution in [0.5, 0.6) is 17.2 Å². The minimum Gasteiger partial charge on any atom is -0.490 e. The number of halogens is 2. The Hall–Kier alpha value is -3.82. The number of amides is 4. The maximum atomic E-state index is 13.3. The molecule has 8 nitrogen and oxygen atoms in total. The largest absolute Gasteiger partial charge is 0.490 e. The van der Waals surface area contributed by atoms with Crippen LogP contribution in [0.3, 0.4) is 0 Å². The van der Waals surface area contributed by atoms with Crippen molar-refractivity contribution in [3.8, 4) is 17.2 Å². The molecule has 208 valence electrons. The fourth-order valence-corrected chi connectivity index (χ4v) is 4.54. The molecule has 0 aromatic heterocycles. The van der Waals surface area contributed by atoms with Crippen LogP contribution in [0.2, 0.25) is 5.02 Å². The van der Waals surface area contributed by atoms with Crippen LogP contribution in [-0.4, -0.2) is 36.0 Å². The molecule has 3 aromatic rings. The summed E-state index contributed by atoms with van der Waals surface area (Å²) in [6, 6.07) is 17.0. The number of benzene rings is 3. The van der Waals surface area contributed by atoms with Crippen LogP contribution in [0.1, 0.15) is 37.0 Å². The molecule has 0 aliphatic carbocycles. The molecule has 4 rings (SSSR count). The summed E-state index contributed by atoms with van der Waals surface area (Å²) in [6.45, 7) is 5.11. The second-order valence-corrected chi connectivity index (χ2v) is 10.2. The monoisotopic (exact) mass is 626 g/mol. The number of barbiturate groups is 1. The molecule has 1 heterocycles. The number of ether oxygens (including phenoxy) is 3. The lowest BCUT2D eigenvalue weighted by Gasteiger charge is -2.26. The SMILES string of the molecule is CCCOc1ccc(CN2C(=O)NC(=O)/C(=C\c3ccc(OCc4ccc(Cl)cc4)c(Br)c3)C2=O)cc1OCC. The number of urea groups is 1. The summed E-state index contributed by atoms with van der Waals surface area (Å²) in [6.07, 6.45) is 2.28. The van der Waals surface area contributed by atoms with Gasteiger partial charge in [-0.05, 0) is 88.4 Å². The fourth-order valence-electron chi connectivity index (χ4n) is 3.90. The predicted octanol–water partition coefficient (Wildman–Crippen LogP) is 6.53. The van der Waals surface area contributed by atoms with E-state index in [1.165, 1.54) is 6.08 Å². The summed E-state index contributed by atoms with van der Waals surface area (Å²) in [5.74, 6) is 0.239. The summed E-state index contributed by atoms with van der Waals surface area (Å²) in [5.41, 5.74) is 2.02.